The Morgan fingerprint density at radius 2 is 2.46 bits per heavy atom. The van der Waals surface area contributed by atoms with Gasteiger partial charge in [0.05, 0.1) is 6.10 Å². The molecule has 0 N–H and O–H groups in total. The maximum atomic E-state index is 10.5. The summed E-state index contributed by atoms with van der Waals surface area (Å²) in [5.74, 6) is -0.285. The SMILES string of the molecule is COC1C=CC[C@@H](COC(C)=O)O1. The Morgan fingerprint density at radius 3 is 3.08 bits per heavy atom. The fraction of sp³-hybridized carbons (Fsp3) is 0.667. The summed E-state index contributed by atoms with van der Waals surface area (Å²) in [6.45, 7) is 1.67. The Hall–Kier alpha value is -0.870. The quantitative estimate of drug-likeness (QED) is 0.484. The van der Waals surface area contributed by atoms with Gasteiger partial charge in [0.15, 0.2) is 6.29 Å². The molecular formula is C9H14O4. The summed E-state index contributed by atoms with van der Waals surface area (Å²) in [6, 6.07) is 0. The van der Waals surface area contributed by atoms with E-state index in [1.165, 1.54) is 6.92 Å². The van der Waals surface area contributed by atoms with E-state index in [1.807, 2.05) is 12.2 Å². The molecule has 1 heterocycles. The first-order valence-corrected chi connectivity index (χ1v) is 4.20. The molecule has 0 amide bonds. The molecule has 4 heteroatoms. The first-order chi connectivity index (χ1) is 6.22. The first kappa shape index (κ1) is 10.2. The van der Waals surface area contributed by atoms with Crippen LogP contribution in [0.2, 0.25) is 0 Å². The van der Waals surface area contributed by atoms with Crippen molar-refractivity contribution in [3.05, 3.63) is 12.2 Å². The van der Waals surface area contributed by atoms with Crippen molar-refractivity contribution in [2.45, 2.75) is 25.7 Å². The summed E-state index contributed by atoms with van der Waals surface area (Å²) in [5, 5.41) is 0. The fourth-order valence-corrected chi connectivity index (χ4v) is 1.08. The van der Waals surface area contributed by atoms with Crippen LogP contribution in [-0.2, 0) is 19.0 Å². The van der Waals surface area contributed by atoms with Crippen LogP contribution in [0.4, 0.5) is 0 Å². The van der Waals surface area contributed by atoms with Gasteiger partial charge in [-0.25, -0.2) is 0 Å². The molecule has 0 spiro atoms. The van der Waals surface area contributed by atoms with E-state index in [0.29, 0.717) is 6.61 Å². The molecule has 1 rings (SSSR count). The van der Waals surface area contributed by atoms with Crippen molar-refractivity contribution in [3.63, 3.8) is 0 Å². The lowest BCUT2D eigenvalue weighted by molar-refractivity contribution is -0.162. The van der Waals surface area contributed by atoms with Crippen LogP contribution in [0.3, 0.4) is 0 Å². The second-order valence-corrected chi connectivity index (χ2v) is 2.83. The van der Waals surface area contributed by atoms with Crippen LogP contribution < -0.4 is 0 Å². The lowest BCUT2D eigenvalue weighted by atomic mass is 10.2. The predicted octanol–water partition coefficient (Wildman–Crippen LogP) is 0.867. The molecule has 0 saturated carbocycles. The predicted molar refractivity (Wildman–Crippen MR) is 46.1 cm³/mol. The minimum atomic E-state index is -0.311. The minimum absolute atomic E-state index is 0.0844. The van der Waals surface area contributed by atoms with E-state index in [-0.39, 0.29) is 18.4 Å². The summed E-state index contributed by atoms with van der Waals surface area (Å²) < 4.78 is 15.2. The van der Waals surface area contributed by atoms with Crippen LogP contribution in [0.1, 0.15) is 13.3 Å². The van der Waals surface area contributed by atoms with Gasteiger partial charge in [0.25, 0.3) is 0 Å². The van der Waals surface area contributed by atoms with Crippen molar-refractivity contribution in [2.24, 2.45) is 0 Å². The number of carbonyl (C=O) groups is 1. The minimum Gasteiger partial charge on any atom is -0.463 e. The lowest BCUT2D eigenvalue weighted by Gasteiger charge is -2.24. The molecule has 0 aromatic carbocycles. The van der Waals surface area contributed by atoms with E-state index in [4.69, 9.17) is 14.2 Å². The number of carbonyl (C=O) groups excluding carboxylic acids is 1. The first-order valence-electron chi connectivity index (χ1n) is 4.20. The highest BCUT2D eigenvalue weighted by Crippen LogP contribution is 2.12. The van der Waals surface area contributed by atoms with E-state index in [1.54, 1.807) is 7.11 Å². The number of hydrogen-bond acceptors (Lipinski definition) is 4. The Kier molecular flexibility index (Phi) is 3.92. The van der Waals surface area contributed by atoms with Crippen molar-refractivity contribution in [2.75, 3.05) is 13.7 Å². The highest BCUT2D eigenvalue weighted by molar-refractivity contribution is 5.65. The summed E-state index contributed by atoms with van der Waals surface area (Å²) in [5.41, 5.74) is 0. The third-order valence-electron chi connectivity index (χ3n) is 1.72. The molecule has 1 aliphatic heterocycles. The van der Waals surface area contributed by atoms with Gasteiger partial charge in [-0.15, -0.1) is 0 Å². The van der Waals surface area contributed by atoms with Gasteiger partial charge in [0.2, 0.25) is 0 Å². The standard InChI is InChI=1S/C9H14O4/c1-7(10)12-6-8-4-3-5-9(11-2)13-8/h3,5,8-9H,4,6H2,1-2H3/t8-,9?/m0/s1. The van der Waals surface area contributed by atoms with E-state index in [9.17, 15) is 4.79 Å². The number of rotatable bonds is 3. The average Bonchev–Trinajstić information content (AvgIpc) is 2.15. The zero-order valence-electron chi connectivity index (χ0n) is 7.86. The highest BCUT2D eigenvalue weighted by Gasteiger charge is 2.18. The van der Waals surface area contributed by atoms with E-state index in [0.717, 1.165) is 6.42 Å². The number of methoxy groups -OCH3 is 1. The average molecular weight is 186 g/mol. The molecule has 1 unspecified atom stereocenters. The summed E-state index contributed by atoms with van der Waals surface area (Å²) in [6.07, 6.45) is 4.16. The van der Waals surface area contributed by atoms with Gasteiger partial charge >= 0.3 is 5.97 Å². The van der Waals surface area contributed by atoms with Crippen LogP contribution in [0.25, 0.3) is 0 Å². The van der Waals surface area contributed by atoms with Crippen LogP contribution >= 0.6 is 0 Å². The van der Waals surface area contributed by atoms with Crippen LogP contribution in [0.5, 0.6) is 0 Å². The third-order valence-corrected chi connectivity index (χ3v) is 1.72. The van der Waals surface area contributed by atoms with Crippen LogP contribution in [0, 0.1) is 0 Å². The fourth-order valence-electron chi connectivity index (χ4n) is 1.08. The van der Waals surface area contributed by atoms with Gasteiger partial charge in [-0.05, 0) is 12.5 Å². The Balaban J connectivity index is 2.28. The summed E-state index contributed by atoms with van der Waals surface area (Å²) in [7, 11) is 1.57. The van der Waals surface area contributed by atoms with Crippen molar-refractivity contribution >= 4 is 5.97 Å². The Morgan fingerprint density at radius 1 is 1.69 bits per heavy atom. The van der Waals surface area contributed by atoms with Crippen molar-refractivity contribution in [1.29, 1.82) is 0 Å². The monoisotopic (exact) mass is 186 g/mol. The molecule has 0 aromatic rings. The van der Waals surface area contributed by atoms with Crippen molar-refractivity contribution in [3.8, 4) is 0 Å². The smallest absolute Gasteiger partial charge is 0.302 e. The molecule has 0 fully saturated rings. The Bertz CT molecular complexity index is 200. The molecule has 0 aliphatic carbocycles. The van der Waals surface area contributed by atoms with Crippen LogP contribution in [0.15, 0.2) is 12.2 Å². The maximum Gasteiger partial charge on any atom is 0.302 e. The molecule has 0 bridgehead atoms. The van der Waals surface area contributed by atoms with E-state index >= 15 is 0 Å². The number of hydrogen-bond donors (Lipinski definition) is 0. The molecule has 4 nitrogen and oxygen atoms in total. The summed E-state index contributed by atoms with van der Waals surface area (Å²) in [4.78, 5) is 10.5. The molecule has 74 valence electrons. The molecule has 0 radical (unpaired) electrons. The van der Waals surface area contributed by atoms with E-state index in [2.05, 4.69) is 0 Å². The van der Waals surface area contributed by atoms with Gasteiger partial charge < -0.3 is 14.2 Å². The van der Waals surface area contributed by atoms with Crippen LogP contribution in [-0.4, -0.2) is 32.1 Å². The zero-order valence-corrected chi connectivity index (χ0v) is 7.86. The molecule has 2 atom stereocenters. The third kappa shape index (κ3) is 3.57. The second-order valence-electron chi connectivity index (χ2n) is 2.83. The zero-order chi connectivity index (χ0) is 9.68. The number of esters is 1. The van der Waals surface area contributed by atoms with E-state index < -0.39 is 0 Å². The Labute approximate surface area is 77.5 Å². The molecular weight excluding hydrogens is 172 g/mol. The van der Waals surface area contributed by atoms with Crippen molar-refractivity contribution in [1.82, 2.24) is 0 Å². The summed E-state index contributed by atoms with van der Waals surface area (Å²) >= 11 is 0. The number of ether oxygens (including phenoxy) is 3. The van der Waals surface area contributed by atoms with Gasteiger partial charge in [0, 0.05) is 14.0 Å². The van der Waals surface area contributed by atoms with Crippen molar-refractivity contribution < 1.29 is 19.0 Å². The molecule has 13 heavy (non-hydrogen) atoms. The van der Waals surface area contributed by atoms with Gasteiger partial charge in [-0.1, -0.05) is 6.08 Å². The van der Waals surface area contributed by atoms with Gasteiger partial charge in [-0.2, -0.15) is 0 Å². The molecule has 1 aliphatic rings. The lowest BCUT2D eigenvalue weighted by Crippen LogP contribution is -2.29. The second kappa shape index (κ2) is 4.99. The normalized spacial score (nSPS) is 27.2. The largest absolute Gasteiger partial charge is 0.463 e. The highest BCUT2D eigenvalue weighted by atomic mass is 16.7. The molecule has 0 aromatic heterocycles. The topological polar surface area (TPSA) is 44.8 Å². The molecule has 0 saturated heterocycles. The van der Waals surface area contributed by atoms with Gasteiger partial charge in [0.1, 0.15) is 6.61 Å². The maximum absolute atomic E-state index is 10.5. The van der Waals surface area contributed by atoms with Gasteiger partial charge in [-0.3, -0.25) is 4.79 Å².